The van der Waals surface area contributed by atoms with Crippen LogP contribution in [0.1, 0.15) is 5.56 Å². The van der Waals surface area contributed by atoms with Crippen LogP contribution >= 0.6 is 15.9 Å². The van der Waals surface area contributed by atoms with Gasteiger partial charge in [0.15, 0.2) is 0 Å². The maximum atomic E-state index is 5.15. The topological polar surface area (TPSA) is 22.1 Å². The smallest absolute Gasteiger partial charge is 0.229 e. The normalized spacial score (nSPS) is 10.5. The highest BCUT2D eigenvalue weighted by molar-refractivity contribution is 9.10. The Morgan fingerprint density at radius 1 is 1.40 bits per heavy atom. The molecule has 80 valence electrons. The number of ether oxygens (including phenoxy) is 1. The molecule has 0 spiro atoms. The molecular formula is C11H14BrNOSi. The fourth-order valence-corrected chi connectivity index (χ4v) is 1.77. The van der Waals surface area contributed by atoms with Crippen LogP contribution in [-0.4, -0.2) is 20.2 Å². The quantitative estimate of drug-likeness (QED) is 0.584. The predicted molar refractivity (Wildman–Crippen MR) is 68.7 cm³/mol. The van der Waals surface area contributed by atoms with Crippen molar-refractivity contribution in [1.82, 2.24) is 4.98 Å². The first-order valence-electron chi connectivity index (χ1n) is 4.65. The third-order valence-electron chi connectivity index (χ3n) is 1.58. The van der Waals surface area contributed by atoms with Crippen LogP contribution in [0.5, 0.6) is 5.88 Å². The van der Waals surface area contributed by atoms with Gasteiger partial charge in [0.25, 0.3) is 0 Å². The molecule has 0 N–H and O–H groups in total. The Labute approximate surface area is 100 Å². The summed E-state index contributed by atoms with van der Waals surface area (Å²) in [6, 6.07) is 1.93. The van der Waals surface area contributed by atoms with Crippen LogP contribution < -0.4 is 4.74 Å². The molecule has 4 heteroatoms. The number of pyridine rings is 1. The van der Waals surface area contributed by atoms with E-state index >= 15 is 0 Å². The van der Waals surface area contributed by atoms with Crippen molar-refractivity contribution in [1.29, 1.82) is 0 Å². The first-order valence-corrected chi connectivity index (χ1v) is 8.94. The Bertz CT molecular complexity index is 415. The summed E-state index contributed by atoms with van der Waals surface area (Å²) in [5, 5.41) is 0. The molecule has 0 saturated carbocycles. The van der Waals surface area contributed by atoms with E-state index in [4.69, 9.17) is 4.74 Å². The molecule has 0 aliphatic heterocycles. The van der Waals surface area contributed by atoms with Gasteiger partial charge >= 0.3 is 0 Å². The number of hydrogen-bond acceptors (Lipinski definition) is 2. The lowest BCUT2D eigenvalue weighted by molar-refractivity contribution is 0.396. The van der Waals surface area contributed by atoms with Gasteiger partial charge in [-0.05, 0) is 22.0 Å². The molecule has 0 amide bonds. The maximum absolute atomic E-state index is 5.15. The monoisotopic (exact) mass is 283 g/mol. The maximum Gasteiger partial charge on any atom is 0.229 e. The molecule has 0 unspecified atom stereocenters. The van der Waals surface area contributed by atoms with E-state index < -0.39 is 8.07 Å². The lowest BCUT2D eigenvalue weighted by atomic mass is 10.3. The Kier molecular flexibility index (Phi) is 3.94. The number of rotatable bonds is 1. The zero-order valence-corrected chi connectivity index (χ0v) is 12.0. The lowest BCUT2D eigenvalue weighted by Gasteiger charge is -2.05. The van der Waals surface area contributed by atoms with Gasteiger partial charge in [0.1, 0.15) is 8.07 Å². The van der Waals surface area contributed by atoms with Crippen LogP contribution in [0.4, 0.5) is 0 Å². The average Bonchev–Trinajstić information content (AvgIpc) is 2.14. The highest BCUT2D eigenvalue weighted by atomic mass is 79.9. The molecule has 1 heterocycles. The standard InChI is InChI=1S/C11H14BrNOSi/c1-14-11-9(5-6-15(2,3)4)7-10(12)8-13-11/h7-8H,1-4H3. The third kappa shape index (κ3) is 4.06. The molecule has 1 rings (SSSR count). The van der Waals surface area contributed by atoms with E-state index in [9.17, 15) is 0 Å². The average molecular weight is 284 g/mol. The predicted octanol–water partition coefficient (Wildman–Crippen LogP) is 3.08. The summed E-state index contributed by atoms with van der Waals surface area (Å²) in [6.45, 7) is 6.62. The number of methoxy groups -OCH3 is 1. The van der Waals surface area contributed by atoms with Gasteiger partial charge in [0, 0.05) is 10.7 Å². The van der Waals surface area contributed by atoms with Gasteiger partial charge in [0.2, 0.25) is 5.88 Å². The second-order valence-electron chi connectivity index (χ2n) is 4.21. The van der Waals surface area contributed by atoms with Crippen LogP contribution in [0, 0.1) is 11.5 Å². The van der Waals surface area contributed by atoms with Gasteiger partial charge in [-0.1, -0.05) is 25.6 Å². The molecule has 0 radical (unpaired) electrons. The summed E-state index contributed by atoms with van der Waals surface area (Å²) in [4.78, 5) is 4.14. The molecule has 0 saturated heterocycles. The first-order chi connectivity index (χ1) is 6.92. The van der Waals surface area contributed by atoms with Crippen molar-refractivity contribution < 1.29 is 4.74 Å². The van der Waals surface area contributed by atoms with E-state index in [1.807, 2.05) is 6.07 Å². The molecule has 0 atom stereocenters. The molecule has 0 fully saturated rings. The van der Waals surface area contributed by atoms with Crippen molar-refractivity contribution >= 4 is 24.0 Å². The molecular weight excluding hydrogens is 270 g/mol. The minimum Gasteiger partial charge on any atom is -0.480 e. The molecule has 15 heavy (non-hydrogen) atoms. The van der Waals surface area contributed by atoms with E-state index in [2.05, 4.69) is 52.0 Å². The summed E-state index contributed by atoms with van der Waals surface area (Å²) < 4.78 is 6.07. The number of hydrogen-bond donors (Lipinski definition) is 0. The van der Waals surface area contributed by atoms with Gasteiger partial charge in [0.05, 0.1) is 12.7 Å². The largest absolute Gasteiger partial charge is 0.480 e. The fourth-order valence-electron chi connectivity index (χ4n) is 0.934. The van der Waals surface area contributed by atoms with Gasteiger partial charge in [-0.25, -0.2) is 4.98 Å². The number of aromatic nitrogens is 1. The molecule has 1 aromatic heterocycles. The van der Waals surface area contributed by atoms with E-state index in [0.717, 1.165) is 10.0 Å². The van der Waals surface area contributed by atoms with Crippen molar-refractivity contribution in [2.24, 2.45) is 0 Å². The Morgan fingerprint density at radius 2 is 2.07 bits per heavy atom. The second kappa shape index (κ2) is 4.82. The van der Waals surface area contributed by atoms with E-state index in [1.165, 1.54) is 0 Å². The molecule has 0 bridgehead atoms. The fraction of sp³-hybridized carbons (Fsp3) is 0.364. The second-order valence-corrected chi connectivity index (χ2v) is 9.88. The zero-order valence-electron chi connectivity index (χ0n) is 9.39. The van der Waals surface area contributed by atoms with Gasteiger partial charge in [-0.2, -0.15) is 0 Å². The van der Waals surface area contributed by atoms with Crippen molar-refractivity contribution in [3.8, 4) is 17.3 Å². The SMILES string of the molecule is COc1ncc(Br)cc1C#C[Si](C)(C)C. The van der Waals surface area contributed by atoms with Crippen molar-refractivity contribution in [3.05, 3.63) is 22.3 Å². The van der Waals surface area contributed by atoms with Gasteiger partial charge in [-0.15, -0.1) is 5.54 Å². The lowest BCUT2D eigenvalue weighted by Crippen LogP contribution is -2.16. The summed E-state index contributed by atoms with van der Waals surface area (Å²) in [7, 11) is 0.254. The zero-order chi connectivity index (χ0) is 11.5. The Balaban J connectivity index is 3.11. The molecule has 1 aromatic rings. The molecule has 0 aromatic carbocycles. The minimum atomic E-state index is -1.35. The Hall–Kier alpha value is -0.793. The molecule has 0 aliphatic carbocycles. The van der Waals surface area contributed by atoms with E-state index in [0.29, 0.717) is 5.88 Å². The van der Waals surface area contributed by atoms with Gasteiger partial charge in [-0.3, -0.25) is 0 Å². The molecule has 0 aliphatic rings. The van der Waals surface area contributed by atoms with Crippen molar-refractivity contribution in [3.63, 3.8) is 0 Å². The van der Waals surface area contributed by atoms with Crippen LogP contribution in [0.3, 0.4) is 0 Å². The number of nitrogens with zero attached hydrogens (tertiary/aromatic N) is 1. The van der Waals surface area contributed by atoms with E-state index in [-0.39, 0.29) is 0 Å². The summed E-state index contributed by atoms with van der Waals surface area (Å²) >= 11 is 3.37. The van der Waals surface area contributed by atoms with Crippen LogP contribution in [-0.2, 0) is 0 Å². The van der Waals surface area contributed by atoms with Crippen molar-refractivity contribution in [2.75, 3.05) is 7.11 Å². The van der Waals surface area contributed by atoms with Crippen molar-refractivity contribution in [2.45, 2.75) is 19.6 Å². The highest BCUT2D eigenvalue weighted by Crippen LogP contribution is 2.18. The molecule has 2 nitrogen and oxygen atoms in total. The third-order valence-corrected chi connectivity index (χ3v) is 2.89. The van der Waals surface area contributed by atoms with Crippen LogP contribution in [0.15, 0.2) is 16.7 Å². The highest BCUT2D eigenvalue weighted by Gasteiger charge is 2.09. The number of halogens is 1. The minimum absolute atomic E-state index is 0.587. The summed E-state index contributed by atoms with van der Waals surface area (Å²) in [5.41, 5.74) is 4.13. The van der Waals surface area contributed by atoms with Gasteiger partial charge < -0.3 is 4.74 Å². The van der Waals surface area contributed by atoms with Crippen LogP contribution in [0.25, 0.3) is 0 Å². The van der Waals surface area contributed by atoms with E-state index in [1.54, 1.807) is 13.3 Å². The van der Waals surface area contributed by atoms with Crippen LogP contribution in [0.2, 0.25) is 19.6 Å². The Morgan fingerprint density at radius 3 is 2.60 bits per heavy atom. The first kappa shape index (κ1) is 12.3. The summed E-state index contributed by atoms with van der Waals surface area (Å²) in [6.07, 6.45) is 1.71. The summed E-state index contributed by atoms with van der Waals surface area (Å²) in [5.74, 6) is 3.73.